The molecule has 0 aliphatic carbocycles. The maximum Gasteiger partial charge on any atom is 0.130 e. The minimum atomic E-state index is 0.601. The molecule has 0 radical (unpaired) electrons. The minimum Gasteiger partial charge on any atom is -0.497 e. The zero-order chi connectivity index (χ0) is 18.8. The highest BCUT2D eigenvalue weighted by atomic mass is 16.5. The van der Waals surface area contributed by atoms with Crippen LogP contribution in [-0.4, -0.2) is 23.8 Å². The first-order valence-electron chi connectivity index (χ1n) is 8.43. The van der Waals surface area contributed by atoms with Crippen LogP contribution in [0.2, 0.25) is 0 Å². The lowest BCUT2D eigenvalue weighted by Gasteiger charge is -2.12. The molecule has 0 atom stereocenters. The third-order valence-corrected chi connectivity index (χ3v) is 4.52. The second kappa shape index (κ2) is 6.85. The molecule has 132 valence electrons. The summed E-state index contributed by atoms with van der Waals surface area (Å²) in [6.45, 7) is 0. The van der Waals surface area contributed by atoms with Crippen LogP contribution >= 0.6 is 0 Å². The van der Waals surface area contributed by atoms with Gasteiger partial charge < -0.3 is 9.47 Å². The van der Waals surface area contributed by atoms with Crippen LogP contribution in [0, 0.1) is 11.3 Å². The van der Waals surface area contributed by atoms with Crippen LogP contribution < -0.4 is 9.47 Å². The van der Waals surface area contributed by atoms with Gasteiger partial charge in [-0.15, -0.1) is 0 Å². The van der Waals surface area contributed by atoms with E-state index in [-0.39, 0.29) is 0 Å². The van der Waals surface area contributed by atoms with Gasteiger partial charge in [-0.05, 0) is 48.0 Å². The molecule has 0 aliphatic heterocycles. The Kier molecular flexibility index (Phi) is 4.23. The smallest absolute Gasteiger partial charge is 0.130 e. The summed E-state index contributed by atoms with van der Waals surface area (Å²) in [5.74, 6) is 1.50. The molecule has 3 aromatic carbocycles. The molecular weight excluding hydrogens is 338 g/mol. The van der Waals surface area contributed by atoms with Gasteiger partial charge in [0.25, 0.3) is 0 Å². The van der Waals surface area contributed by atoms with Gasteiger partial charge >= 0.3 is 0 Å². The number of aromatic nitrogens is 2. The molecule has 0 bridgehead atoms. The van der Waals surface area contributed by atoms with Crippen LogP contribution in [0.5, 0.6) is 11.5 Å². The van der Waals surface area contributed by atoms with Crippen molar-refractivity contribution in [1.82, 2.24) is 9.55 Å². The van der Waals surface area contributed by atoms with Crippen LogP contribution in [-0.2, 0) is 0 Å². The molecule has 0 fully saturated rings. The lowest BCUT2D eigenvalue weighted by atomic mass is 10.0. The van der Waals surface area contributed by atoms with Crippen LogP contribution in [0.1, 0.15) is 5.56 Å². The lowest BCUT2D eigenvalue weighted by molar-refractivity contribution is 0.395. The first kappa shape index (κ1) is 16.7. The molecule has 0 saturated heterocycles. The first-order valence-corrected chi connectivity index (χ1v) is 8.43. The Labute approximate surface area is 157 Å². The Balaban J connectivity index is 1.81. The highest BCUT2D eigenvalue weighted by molar-refractivity contribution is 5.80. The first-order chi connectivity index (χ1) is 13.2. The van der Waals surface area contributed by atoms with Crippen LogP contribution in [0.4, 0.5) is 0 Å². The number of imidazole rings is 1. The third-order valence-electron chi connectivity index (χ3n) is 4.52. The molecule has 0 amide bonds. The standard InChI is InChI=1S/C22H17N3O2/c1-26-18-7-8-19(22(12-18)27-2)16-4-3-5-17(11-16)25-14-24-20-10-15(13-23)6-9-21(20)25/h3-12,14H,1-2H3. The molecule has 0 spiro atoms. The van der Waals surface area contributed by atoms with Crippen molar-refractivity contribution >= 4 is 11.0 Å². The zero-order valence-electron chi connectivity index (χ0n) is 15.0. The van der Waals surface area contributed by atoms with Crippen molar-refractivity contribution in [3.8, 4) is 34.4 Å². The molecule has 0 N–H and O–H groups in total. The van der Waals surface area contributed by atoms with Crippen molar-refractivity contribution in [3.63, 3.8) is 0 Å². The molecule has 27 heavy (non-hydrogen) atoms. The summed E-state index contributed by atoms with van der Waals surface area (Å²) in [6.07, 6.45) is 1.77. The van der Waals surface area contributed by atoms with E-state index in [1.54, 1.807) is 32.7 Å². The fourth-order valence-electron chi connectivity index (χ4n) is 3.15. The third kappa shape index (κ3) is 2.98. The molecule has 0 aliphatic rings. The number of ether oxygens (including phenoxy) is 2. The van der Waals surface area contributed by atoms with Crippen LogP contribution in [0.3, 0.4) is 0 Å². The fourth-order valence-corrected chi connectivity index (χ4v) is 3.15. The van der Waals surface area contributed by atoms with E-state index in [1.807, 2.05) is 47.0 Å². The summed E-state index contributed by atoms with van der Waals surface area (Å²) in [6, 6.07) is 21.6. The average molecular weight is 355 g/mol. The Hall–Kier alpha value is -3.78. The van der Waals surface area contributed by atoms with Gasteiger partial charge in [0.05, 0.1) is 36.9 Å². The molecule has 5 heteroatoms. The predicted molar refractivity (Wildman–Crippen MR) is 104 cm³/mol. The Morgan fingerprint density at radius 1 is 0.963 bits per heavy atom. The molecular formula is C22H17N3O2. The summed E-state index contributed by atoms with van der Waals surface area (Å²) in [4.78, 5) is 4.43. The monoisotopic (exact) mass is 355 g/mol. The van der Waals surface area contributed by atoms with Gasteiger partial charge in [0.15, 0.2) is 0 Å². The highest BCUT2D eigenvalue weighted by Crippen LogP contribution is 2.34. The number of fused-ring (bicyclic) bond motifs is 1. The number of rotatable bonds is 4. The summed E-state index contributed by atoms with van der Waals surface area (Å²) >= 11 is 0. The van der Waals surface area contributed by atoms with Crippen LogP contribution in [0.25, 0.3) is 27.8 Å². The summed E-state index contributed by atoms with van der Waals surface area (Å²) < 4.78 is 12.8. The fraction of sp³-hybridized carbons (Fsp3) is 0.0909. The van der Waals surface area contributed by atoms with Crippen LogP contribution in [0.15, 0.2) is 67.0 Å². The van der Waals surface area contributed by atoms with Gasteiger partial charge in [0, 0.05) is 17.3 Å². The second-order valence-corrected chi connectivity index (χ2v) is 6.05. The molecule has 0 saturated carbocycles. The molecule has 1 heterocycles. The van der Waals surface area contributed by atoms with E-state index in [9.17, 15) is 0 Å². The van der Waals surface area contributed by atoms with Crippen molar-refractivity contribution in [2.75, 3.05) is 14.2 Å². The van der Waals surface area contributed by atoms with E-state index in [0.29, 0.717) is 5.56 Å². The highest BCUT2D eigenvalue weighted by Gasteiger charge is 2.10. The van der Waals surface area contributed by atoms with E-state index in [1.165, 1.54) is 0 Å². The van der Waals surface area contributed by atoms with E-state index in [2.05, 4.69) is 17.1 Å². The Morgan fingerprint density at radius 2 is 1.85 bits per heavy atom. The second-order valence-electron chi connectivity index (χ2n) is 6.05. The molecule has 4 aromatic rings. The van der Waals surface area contributed by atoms with E-state index >= 15 is 0 Å². The number of hydrogen-bond acceptors (Lipinski definition) is 4. The van der Waals surface area contributed by atoms with E-state index < -0.39 is 0 Å². The number of hydrogen-bond donors (Lipinski definition) is 0. The van der Waals surface area contributed by atoms with E-state index in [0.717, 1.165) is 39.3 Å². The van der Waals surface area contributed by atoms with Gasteiger partial charge in [0.2, 0.25) is 0 Å². The van der Waals surface area contributed by atoms with Crippen molar-refractivity contribution < 1.29 is 9.47 Å². The summed E-state index contributed by atoms with van der Waals surface area (Å²) in [5.41, 5.74) is 5.34. The number of nitriles is 1. The quantitative estimate of drug-likeness (QED) is 0.537. The normalized spacial score (nSPS) is 10.6. The van der Waals surface area contributed by atoms with Crippen molar-refractivity contribution in [2.24, 2.45) is 0 Å². The Bertz CT molecular complexity index is 1170. The van der Waals surface area contributed by atoms with Gasteiger partial charge in [-0.3, -0.25) is 4.57 Å². The predicted octanol–water partition coefficient (Wildman–Crippen LogP) is 4.58. The van der Waals surface area contributed by atoms with Gasteiger partial charge in [-0.2, -0.15) is 5.26 Å². The van der Waals surface area contributed by atoms with Crippen molar-refractivity contribution in [1.29, 1.82) is 5.26 Å². The topological polar surface area (TPSA) is 60.1 Å². The maximum absolute atomic E-state index is 9.06. The molecule has 4 rings (SSSR count). The van der Waals surface area contributed by atoms with Gasteiger partial charge in [0.1, 0.15) is 17.8 Å². The number of methoxy groups -OCH3 is 2. The summed E-state index contributed by atoms with van der Waals surface area (Å²) in [7, 11) is 3.29. The van der Waals surface area contributed by atoms with E-state index in [4.69, 9.17) is 14.7 Å². The van der Waals surface area contributed by atoms with Crippen molar-refractivity contribution in [2.45, 2.75) is 0 Å². The van der Waals surface area contributed by atoms with Gasteiger partial charge in [-0.1, -0.05) is 12.1 Å². The average Bonchev–Trinajstić information content (AvgIpc) is 3.16. The number of benzene rings is 3. The molecule has 5 nitrogen and oxygen atoms in total. The van der Waals surface area contributed by atoms with Gasteiger partial charge in [-0.25, -0.2) is 4.98 Å². The number of nitrogens with zero attached hydrogens (tertiary/aromatic N) is 3. The lowest BCUT2D eigenvalue weighted by Crippen LogP contribution is -1.94. The maximum atomic E-state index is 9.06. The summed E-state index contributed by atoms with van der Waals surface area (Å²) in [5, 5.41) is 9.06. The Morgan fingerprint density at radius 3 is 2.63 bits per heavy atom. The largest absolute Gasteiger partial charge is 0.497 e. The zero-order valence-corrected chi connectivity index (χ0v) is 15.0. The minimum absolute atomic E-state index is 0.601. The molecule has 1 aromatic heterocycles. The molecule has 0 unspecified atom stereocenters. The SMILES string of the molecule is COc1ccc(-c2cccc(-n3cnc4cc(C#N)ccc43)c2)c(OC)c1. The van der Waals surface area contributed by atoms with Crippen molar-refractivity contribution in [3.05, 3.63) is 72.6 Å².